The molecule has 1 rings (SSSR count). The van der Waals surface area contributed by atoms with E-state index in [0.29, 0.717) is 6.61 Å². The largest absolute Gasteiger partial charge is 0.494 e. The van der Waals surface area contributed by atoms with E-state index in [1.54, 1.807) is 7.05 Å². The van der Waals surface area contributed by atoms with Crippen LogP contribution < -0.4 is 10.1 Å². The molecule has 0 unspecified atom stereocenters. The maximum Gasteiger partial charge on any atom is 0.193 e. The third kappa shape index (κ3) is 4.28. The zero-order valence-electron chi connectivity index (χ0n) is 11.7. The third-order valence-corrected chi connectivity index (χ3v) is 2.56. The van der Waals surface area contributed by atoms with Gasteiger partial charge in [-0.15, -0.1) is 0 Å². The molecule has 0 aromatic heterocycles. The van der Waals surface area contributed by atoms with Crippen LogP contribution in [0, 0.1) is 0 Å². The van der Waals surface area contributed by atoms with Gasteiger partial charge < -0.3 is 15.0 Å². The first-order valence-electron chi connectivity index (χ1n) is 6.34. The van der Waals surface area contributed by atoms with Gasteiger partial charge in [0.2, 0.25) is 0 Å². The van der Waals surface area contributed by atoms with E-state index in [2.05, 4.69) is 34.3 Å². The molecule has 0 heterocycles. The first-order chi connectivity index (χ1) is 8.71. The molecule has 0 saturated carbocycles. The number of benzene rings is 1. The molecule has 100 valence electrons. The molecule has 4 heteroatoms. The summed E-state index contributed by atoms with van der Waals surface area (Å²) in [5, 5.41) is 3.24. The normalized spacial score (nSPS) is 11.2. The standard InChI is InChI=1S/C14H23N3O/c1-5-16-14(15-3)17(4)11-12-7-9-13(10-8-12)18-6-2/h7-10H,5-6,11H2,1-4H3,(H,15,16). The van der Waals surface area contributed by atoms with Crippen LogP contribution in [0.15, 0.2) is 29.3 Å². The zero-order chi connectivity index (χ0) is 13.4. The quantitative estimate of drug-likeness (QED) is 0.641. The molecule has 1 aromatic carbocycles. The fourth-order valence-electron chi connectivity index (χ4n) is 1.75. The van der Waals surface area contributed by atoms with Crippen LogP contribution in [-0.2, 0) is 6.54 Å². The molecule has 0 aliphatic carbocycles. The van der Waals surface area contributed by atoms with Crippen LogP contribution in [-0.4, -0.2) is 38.1 Å². The van der Waals surface area contributed by atoms with Crippen molar-refractivity contribution in [3.05, 3.63) is 29.8 Å². The molecule has 4 nitrogen and oxygen atoms in total. The Morgan fingerprint density at radius 3 is 2.44 bits per heavy atom. The molecular formula is C14H23N3O. The summed E-state index contributed by atoms with van der Waals surface area (Å²) < 4.78 is 5.42. The maximum absolute atomic E-state index is 5.42. The van der Waals surface area contributed by atoms with Crippen molar-refractivity contribution >= 4 is 5.96 Å². The van der Waals surface area contributed by atoms with E-state index in [1.165, 1.54) is 5.56 Å². The van der Waals surface area contributed by atoms with Gasteiger partial charge in [0, 0.05) is 27.2 Å². The second-order valence-corrected chi connectivity index (χ2v) is 4.01. The van der Waals surface area contributed by atoms with E-state index in [-0.39, 0.29) is 0 Å². The Balaban J connectivity index is 2.61. The van der Waals surface area contributed by atoms with Crippen LogP contribution in [0.2, 0.25) is 0 Å². The number of ether oxygens (including phenoxy) is 1. The third-order valence-electron chi connectivity index (χ3n) is 2.56. The van der Waals surface area contributed by atoms with E-state index in [0.717, 1.165) is 24.8 Å². The molecular weight excluding hydrogens is 226 g/mol. The summed E-state index contributed by atoms with van der Waals surface area (Å²) in [6, 6.07) is 8.17. The predicted octanol–water partition coefficient (Wildman–Crippen LogP) is 2.11. The lowest BCUT2D eigenvalue weighted by atomic mass is 10.2. The van der Waals surface area contributed by atoms with Crippen LogP contribution >= 0.6 is 0 Å². The van der Waals surface area contributed by atoms with E-state index in [9.17, 15) is 0 Å². The Hall–Kier alpha value is -1.71. The average Bonchev–Trinajstić information content (AvgIpc) is 2.38. The minimum absolute atomic E-state index is 0.701. The minimum atomic E-state index is 0.701. The van der Waals surface area contributed by atoms with E-state index < -0.39 is 0 Å². The summed E-state index contributed by atoms with van der Waals surface area (Å²) >= 11 is 0. The highest BCUT2D eigenvalue weighted by Gasteiger charge is 2.05. The molecule has 1 N–H and O–H groups in total. The molecule has 0 radical (unpaired) electrons. The first kappa shape index (κ1) is 14.4. The Morgan fingerprint density at radius 1 is 1.28 bits per heavy atom. The van der Waals surface area contributed by atoms with Gasteiger partial charge in [0.05, 0.1) is 6.61 Å². The number of nitrogens with one attached hydrogen (secondary N) is 1. The maximum atomic E-state index is 5.42. The lowest BCUT2D eigenvalue weighted by Crippen LogP contribution is -2.38. The van der Waals surface area contributed by atoms with Crippen LogP contribution in [0.4, 0.5) is 0 Å². The molecule has 18 heavy (non-hydrogen) atoms. The molecule has 0 spiro atoms. The summed E-state index contributed by atoms with van der Waals surface area (Å²) in [5.74, 6) is 1.83. The second-order valence-electron chi connectivity index (χ2n) is 4.01. The number of hydrogen-bond donors (Lipinski definition) is 1. The topological polar surface area (TPSA) is 36.9 Å². The first-order valence-corrected chi connectivity index (χ1v) is 6.34. The monoisotopic (exact) mass is 249 g/mol. The molecule has 1 aromatic rings. The van der Waals surface area contributed by atoms with Gasteiger partial charge in [-0.05, 0) is 31.5 Å². The Labute approximate surface area is 110 Å². The molecule has 0 bridgehead atoms. The van der Waals surface area contributed by atoms with Gasteiger partial charge in [-0.25, -0.2) is 0 Å². The van der Waals surface area contributed by atoms with Gasteiger partial charge in [-0.1, -0.05) is 12.1 Å². The molecule has 0 aliphatic heterocycles. The Morgan fingerprint density at radius 2 is 1.94 bits per heavy atom. The predicted molar refractivity (Wildman–Crippen MR) is 76.1 cm³/mol. The van der Waals surface area contributed by atoms with Crippen LogP contribution in [0.5, 0.6) is 5.75 Å². The summed E-state index contributed by atoms with van der Waals surface area (Å²) in [6.45, 7) is 6.46. The van der Waals surface area contributed by atoms with Crippen LogP contribution in [0.25, 0.3) is 0 Å². The molecule has 0 amide bonds. The van der Waals surface area contributed by atoms with Gasteiger partial charge in [-0.2, -0.15) is 0 Å². The lowest BCUT2D eigenvalue weighted by molar-refractivity contribution is 0.340. The van der Waals surface area contributed by atoms with E-state index in [1.807, 2.05) is 26.1 Å². The van der Waals surface area contributed by atoms with Crippen LogP contribution in [0.3, 0.4) is 0 Å². The highest BCUT2D eigenvalue weighted by molar-refractivity contribution is 5.79. The number of hydrogen-bond acceptors (Lipinski definition) is 2. The van der Waals surface area contributed by atoms with Crippen LogP contribution in [0.1, 0.15) is 19.4 Å². The van der Waals surface area contributed by atoms with Crippen molar-refractivity contribution in [2.45, 2.75) is 20.4 Å². The van der Waals surface area contributed by atoms with E-state index in [4.69, 9.17) is 4.74 Å². The van der Waals surface area contributed by atoms with Gasteiger partial charge >= 0.3 is 0 Å². The minimum Gasteiger partial charge on any atom is -0.494 e. The fourth-order valence-corrected chi connectivity index (χ4v) is 1.75. The Kier molecular flexibility index (Phi) is 6.05. The average molecular weight is 249 g/mol. The number of aliphatic imine (C=N–C) groups is 1. The van der Waals surface area contributed by atoms with Crippen molar-refractivity contribution in [2.24, 2.45) is 4.99 Å². The number of nitrogens with zero attached hydrogens (tertiary/aromatic N) is 2. The summed E-state index contributed by atoms with van der Waals surface area (Å²) in [4.78, 5) is 6.32. The highest BCUT2D eigenvalue weighted by Crippen LogP contribution is 2.13. The fraction of sp³-hybridized carbons (Fsp3) is 0.500. The summed E-state index contributed by atoms with van der Waals surface area (Å²) in [5.41, 5.74) is 1.24. The highest BCUT2D eigenvalue weighted by atomic mass is 16.5. The number of guanidine groups is 1. The second kappa shape index (κ2) is 7.58. The zero-order valence-corrected chi connectivity index (χ0v) is 11.7. The Bertz CT molecular complexity index is 373. The lowest BCUT2D eigenvalue weighted by Gasteiger charge is -2.21. The van der Waals surface area contributed by atoms with E-state index >= 15 is 0 Å². The molecule has 0 atom stereocenters. The van der Waals surface area contributed by atoms with Crippen molar-refractivity contribution in [1.29, 1.82) is 0 Å². The van der Waals surface area contributed by atoms with Crippen molar-refractivity contribution < 1.29 is 4.74 Å². The van der Waals surface area contributed by atoms with Gasteiger partial charge in [0.15, 0.2) is 5.96 Å². The van der Waals surface area contributed by atoms with Crippen molar-refractivity contribution in [1.82, 2.24) is 10.2 Å². The molecule has 0 aliphatic rings. The van der Waals surface area contributed by atoms with Gasteiger partial charge in [0.25, 0.3) is 0 Å². The van der Waals surface area contributed by atoms with Gasteiger partial charge in [-0.3, -0.25) is 4.99 Å². The van der Waals surface area contributed by atoms with Crippen molar-refractivity contribution in [3.8, 4) is 5.75 Å². The SMILES string of the molecule is CCNC(=NC)N(C)Cc1ccc(OCC)cc1. The summed E-state index contributed by atoms with van der Waals surface area (Å²) in [7, 11) is 3.83. The number of rotatable bonds is 5. The molecule has 0 fully saturated rings. The van der Waals surface area contributed by atoms with Crippen molar-refractivity contribution in [3.63, 3.8) is 0 Å². The smallest absolute Gasteiger partial charge is 0.193 e. The summed E-state index contributed by atoms with van der Waals surface area (Å²) in [6.07, 6.45) is 0. The van der Waals surface area contributed by atoms with Crippen molar-refractivity contribution in [2.75, 3.05) is 27.2 Å². The molecule has 0 saturated heterocycles. The van der Waals surface area contributed by atoms with Gasteiger partial charge in [0.1, 0.15) is 5.75 Å².